The van der Waals surface area contributed by atoms with E-state index in [0.717, 1.165) is 6.42 Å². The van der Waals surface area contributed by atoms with Crippen LogP contribution in [0.3, 0.4) is 0 Å². The number of nitrogens with zero attached hydrogens (tertiary/aromatic N) is 2. The fourth-order valence-corrected chi connectivity index (χ4v) is 4.78. The van der Waals surface area contributed by atoms with Crippen molar-refractivity contribution in [3.63, 3.8) is 0 Å². The van der Waals surface area contributed by atoms with Crippen LogP contribution in [0.1, 0.15) is 42.1 Å². The van der Waals surface area contributed by atoms with Gasteiger partial charge in [-0.15, -0.1) is 0 Å². The maximum atomic E-state index is 13.2. The fourth-order valence-electron chi connectivity index (χ4n) is 4.78. The van der Waals surface area contributed by atoms with Gasteiger partial charge in [0.25, 0.3) is 5.91 Å². The minimum atomic E-state index is -0.376. The van der Waals surface area contributed by atoms with Gasteiger partial charge in [0, 0.05) is 49.4 Å². The number of likely N-dealkylation sites (tertiary alicyclic amines) is 1. The summed E-state index contributed by atoms with van der Waals surface area (Å²) in [7, 11) is 3.11. The highest BCUT2D eigenvalue weighted by Gasteiger charge is 2.38. The zero-order valence-corrected chi connectivity index (χ0v) is 20.6. The predicted octanol–water partition coefficient (Wildman–Crippen LogP) is 3.04. The first-order chi connectivity index (χ1) is 16.9. The molecule has 35 heavy (non-hydrogen) atoms. The highest BCUT2D eigenvalue weighted by Crippen LogP contribution is 2.34. The van der Waals surface area contributed by atoms with E-state index in [1.54, 1.807) is 37.3 Å². The van der Waals surface area contributed by atoms with Gasteiger partial charge >= 0.3 is 0 Å². The maximum Gasteiger partial charge on any atom is 0.251 e. The average molecular weight is 480 g/mol. The third-order valence-corrected chi connectivity index (χ3v) is 6.92. The van der Waals surface area contributed by atoms with Crippen LogP contribution in [-0.2, 0) is 16.0 Å². The zero-order valence-electron chi connectivity index (χ0n) is 20.6. The van der Waals surface area contributed by atoms with Crippen molar-refractivity contribution in [3.05, 3.63) is 53.6 Å². The number of carbonyl (C=O) groups is 3. The third-order valence-electron chi connectivity index (χ3n) is 6.92. The van der Waals surface area contributed by atoms with Crippen molar-refractivity contribution in [2.24, 2.45) is 5.92 Å². The Hall–Kier alpha value is -3.55. The molecule has 0 bridgehead atoms. The summed E-state index contributed by atoms with van der Waals surface area (Å²) < 4.78 is 10.6. The molecule has 2 heterocycles. The zero-order chi connectivity index (χ0) is 24.9. The molecule has 1 N–H and O–H groups in total. The van der Waals surface area contributed by atoms with Crippen molar-refractivity contribution in [1.29, 1.82) is 0 Å². The van der Waals surface area contributed by atoms with Gasteiger partial charge < -0.3 is 24.6 Å². The molecule has 2 aromatic rings. The normalized spacial score (nSPS) is 18.5. The number of rotatable bonds is 7. The van der Waals surface area contributed by atoms with Crippen molar-refractivity contribution >= 4 is 23.4 Å². The monoisotopic (exact) mass is 479 g/mol. The number of carbonyl (C=O) groups excluding carboxylic acids is 3. The molecular formula is C27H33N3O5. The predicted molar refractivity (Wildman–Crippen MR) is 133 cm³/mol. The Bertz CT molecular complexity index is 1080. The van der Waals surface area contributed by atoms with Gasteiger partial charge in [0.1, 0.15) is 0 Å². The Balaban J connectivity index is 1.30. The highest BCUT2D eigenvalue weighted by atomic mass is 16.5. The molecule has 0 saturated carbocycles. The van der Waals surface area contributed by atoms with Crippen LogP contribution in [-0.4, -0.2) is 62.5 Å². The van der Waals surface area contributed by atoms with Crippen LogP contribution in [0, 0.1) is 5.92 Å². The topological polar surface area (TPSA) is 88.2 Å². The lowest BCUT2D eigenvalue weighted by molar-refractivity contribution is -0.136. The van der Waals surface area contributed by atoms with Gasteiger partial charge in [-0.25, -0.2) is 0 Å². The van der Waals surface area contributed by atoms with Gasteiger partial charge in [0.05, 0.1) is 20.1 Å². The van der Waals surface area contributed by atoms with Crippen molar-refractivity contribution in [2.75, 3.05) is 38.8 Å². The van der Waals surface area contributed by atoms with Crippen LogP contribution in [0.2, 0.25) is 0 Å². The van der Waals surface area contributed by atoms with Crippen molar-refractivity contribution < 1.29 is 23.9 Å². The molecule has 2 fully saturated rings. The van der Waals surface area contributed by atoms with E-state index < -0.39 is 0 Å². The van der Waals surface area contributed by atoms with E-state index in [4.69, 9.17) is 9.47 Å². The van der Waals surface area contributed by atoms with E-state index >= 15 is 0 Å². The lowest BCUT2D eigenvalue weighted by Gasteiger charge is -2.33. The van der Waals surface area contributed by atoms with Crippen molar-refractivity contribution in [1.82, 2.24) is 10.2 Å². The quantitative estimate of drug-likeness (QED) is 0.660. The Morgan fingerprint density at radius 1 is 1.00 bits per heavy atom. The molecule has 0 aromatic heterocycles. The SMILES string of the molecule is CCc1ccc(C(=O)NC2CCN(C(=O)C3CC(=O)N(c4ccc(OC)c(OC)c4)C3)CC2)cc1. The Labute approximate surface area is 206 Å². The Morgan fingerprint density at radius 3 is 2.31 bits per heavy atom. The van der Waals surface area contributed by atoms with Crippen LogP contribution in [0.4, 0.5) is 5.69 Å². The van der Waals surface area contributed by atoms with E-state index in [-0.39, 0.29) is 36.1 Å². The molecule has 0 radical (unpaired) electrons. The van der Waals surface area contributed by atoms with E-state index in [1.165, 1.54) is 5.56 Å². The van der Waals surface area contributed by atoms with E-state index in [0.29, 0.717) is 55.2 Å². The summed E-state index contributed by atoms with van der Waals surface area (Å²) >= 11 is 0. The fraction of sp³-hybridized carbons (Fsp3) is 0.444. The van der Waals surface area contributed by atoms with Crippen molar-refractivity contribution in [3.8, 4) is 11.5 Å². The number of benzene rings is 2. The number of nitrogens with one attached hydrogen (secondary N) is 1. The van der Waals surface area contributed by atoms with Gasteiger partial charge in [-0.05, 0) is 49.1 Å². The molecule has 2 aromatic carbocycles. The van der Waals surface area contributed by atoms with Gasteiger partial charge in [-0.1, -0.05) is 19.1 Å². The number of ether oxygens (including phenoxy) is 2. The molecular weight excluding hydrogens is 446 g/mol. The number of methoxy groups -OCH3 is 2. The minimum Gasteiger partial charge on any atom is -0.493 e. The van der Waals surface area contributed by atoms with E-state index in [2.05, 4.69) is 12.2 Å². The summed E-state index contributed by atoms with van der Waals surface area (Å²) in [6.07, 6.45) is 2.53. The number of aryl methyl sites for hydroxylation is 1. The van der Waals surface area contributed by atoms with Crippen LogP contribution in [0.5, 0.6) is 11.5 Å². The first-order valence-corrected chi connectivity index (χ1v) is 12.1. The molecule has 8 heteroatoms. The number of piperidine rings is 1. The van der Waals surface area contributed by atoms with Crippen LogP contribution in [0.25, 0.3) is 0 Å². The third kappa shape index (κ3) is 5.42. The van der Waals surface area contributed by atoms with Gasteiger partial charge in [0.15, 0.2) is 11.5 Å². The second-order valence-corrected chi connectivity index (χ2v) is 9.07. The molecule has 2 aliphatic rings. The molecule has 186 valence electrons. The maximum absolute atomic E-state index is 13.2. The van der Waals surface area contributed by atoms with Crippen LogP contribution < -0.4 is 19.7 Å². The molecule has 2 aliphatic heterocycles. The van der Waals surface area contributed by atoms with Crippen LogP contribution >= 0.6 is 0 Å². The number of hydrogen-bond acceptors (Lipinski definition) is 5. The lowest BCUT2D eigenvalue weighted by Crippen LogP contribution is -2.48. The molecule has 4 rings (SSSR count). The first kappa shape index (κ1) is 24.6. The smallest absolute Gasteiger partial charge is 0.251 e. The van der Waals surface area contributed by atoms with Crippen molar-refractivity contribution in [2.45, 2.75) is 38.6 Å². The van der Waals surface area contributed by atoms with Gasteiger partial charge in [-0.2, -0.15) is 0 Å². The average Bonchev–Trinajstić information content (AvgIpc) is 3.29. The van der Waals surface area contributed by atoms with Gasteiger partial charge in [-0.3, -0.25) is 14.4 Å². The second kappa shape index (κ2) is 10.8. The second-order valence-electron chi connectivity index (χ2n) is 9.07. The highest BCUT2D eigenvalue weighted by molar-refractivity contribution is 6.00. The van der Waals surface area contributed by atoms with E-state index in [1.807, 2.05) is 29.2 Å². The standard InChI is InChI=1S/C27H33N3O5/c1-4-18-5-7-19(8-6-18)26(32)28-21-11-13-29(14-12-21)27(33)20-15-25(31)30(17-20)22-9-10-23(34-2)24(16-22)35-3/h5-10,16,20-21H,4,11-15,17H2,1-3H3,(H,28,32). The largest absolute Gasteiger partial charge is 0.493 e. The molecule has 0 spiro atoms. The first-order valence-electron chi connectivity index (χ1n) is 12.1. The lowest BCUT2D eigenvalue weighted by atomic mass is 10.0. The summed E-state index contributed by atoms with van der Waals surface area (Å²) in [5.74, 6) is 0.595. The molecule has 2 saturated heterocycles. The van der Waals surface area contributed by atoms with Gasteiger partial charge in [0.2, 0.25) is 11.8 Å². The summed E-state index contributed by atoms with van der Waals surface area (Å²) in [6.45, 7) is 3.57. The summed E-state index contributed by atoms with van der Waals surface area (Å²) in [6, 6.07) is 13.0. The van der Waals surface area contributed by atoms with E-state index in [9.17, 15) is 14.4 Å². The molecule has 3 amide bonds. The molecule has 0 aliphatic carbocycles. The number of hydrogen-bond donors (Lipinski definition) is 1. The van der Waals surface area contributed by atoms with Crippen LogP contribution in [0.15, 0.2) is 42.5 Å². The molecule has 1 unspecified atom stereocenters. The number of anilines is 1. The molecule has 8 nitrogen and oxygen atoms in total. The minimum absolute atomic E-state index is 0.00116. The Kier molecular flexibility index (Phi) is 7.58. The summed E-state index contributed by atoms with van der Waals surface area (Å²) in [5, 5.41) is 3.10. The molecule has 1 atom stereocenters. The number of amides is 3. The summed E-state index contributed by atoms with van der Waals surface area (Å²) in [5.41, 5.74) is 2.54. The summed E-state index contributed by atoms with van der Waals surface area (Å²) in [4.78, 5) is 41.9. The Morgan fingerprint density at radius 2 is 1.69 bits per heavy atom.